The molecular weight excluding hydrogens is 284 g/mol. The second-order valence-corrected chi connectivity index (χ2v) is 16.0. The zero-order valence-electron chi connectivity index (χ0n) is 13.4. The largest absolute Gasteiger partial charge is 0.508 e. The fourth-order valence-corrected chi connectivity index (χ4v) is 10.6. The lowest BCUT2D eigenvalue weighted by molar-refractivity contribution is 0.275. The van der Waals surface area contributed by atoms with Crippen LogP contribution in [0.2, 0.25) is 38.8 Å². The van der Waals surface area contributed by atoms with Crippen molar-refractivity contribution in [1.29, 1.82) is 0 Å². The van der Waals surface area contributed by atoms with Gasteiger partial charge in [0.15, 0.2) is 16.6 Å². The van der Waals surface area contributed by atoms with E-state index in [1.807, 2.05) is 12.1 Å². The van der Waals surface area contributed by atoms with Crippen LogP contribution in [-0.2, 0) is 17.1 Å². The van der Waals surface area contributed by atoms with Crippen molar-refractivity contribution in [3.8, 4) is 5.75 Å². The molecule has 0 aliphatic rings. The Bertz CT molecular complexity index is 439. The van der Waals surface area contributed by atoms with Gasteiger partial charge in [-0.15, -0.1) is 0 Å². The van der Waals surface area contributed by atoms with E-state index in [0.717, 1.165) is 18.9 Å². The van der Waals surface area contributed by atoms with E-state index in [2.05, 4.69) is 32.7 Å². The second-order valence-electron chi connectivity index (χ2n) is 6.95. The van der Waals surface area contributed by atoms with Gasteiger partial charge in [0.1, 0.15) is 5.75 Å². The summed E-state index contributed by atoms with van der Waals surface area (Å²) in [6.07, 6.45) is 2.07. The summed E-state index contributed by atoms with van der Waals surface area (Å²) in [5, 5.41) is 18.7. The molecule has 3 nitrogen and oxygen atoms in total. The van der Waals surface area contributed by atoms with Gasteiger partial charge in [-0.3, -0.25) is 0 Å². The fraction of sp³-hybridized carbons (Fsp3) is 0.600. The third-order valence-corrected chi connectivity index (χ3v) is 9.36. The highest BCUT2D eigenvalue weighted by Crippen LogP contribution is 2.23. The van der Waals surface area contributed by atoms with Crippen molar-refractivity contribution >= 4 is 16.6 Å². The van der Waals surface area contributed by atoms with Gasteiger partial charge >= 0.3 is 0 Å². The predicted molar refractivity (Wildman–Crippen MR) is 89.1 cm³/mol. The summed E-state index contributed by atoms with van der Waals surface area (Å²) in [6, 6.07) is 6.64. The van der Waals surface area contributed by atoms with Gasteiger partial charge in [-0.05, 0) is 69.3 Å². The summed E-state index contributed by atoms with van der Waals surface area (Å²) in [5.41, 5.74) is 1.78. The zero-order chi connectivity index (χ0) is 15.4. The molecule has 0 atom stereocenters. The van der Waals surface area contributed by atoms with Crippen LogP contribution in [0.4, 0.5) is 0 Å². The number of rotatable bonds is 7. The Kier molecular flexibility index (Phi) is 6.00. The van der Waals surface area contributed by atoms with E-state index in [1.54, 1.807) is 6.07 Å². The van der Waals surface area contributed by atoms with Crippen LogP contribution < -0.4 is 0 Å². The summed E-state index contributed by atoms with van der Waals surface area (Å²) in [6.45, 7) is 11.2. The highest BCUT2D eigenvalue weighted by molar-refractivity contribution is 6.84. The molecule has 0 aliphatic carbocycles. The first-order valence-corrected chi connectivity index (χ1v) is 13.8. The van der Waals surface area contributed by atoms with E-state index in [4.69, 9.17) is 9.22 Å². The average molecular weight is 313 g/mol. The molecule has 1 aromatic rings. The summed E-state index contributed by atoms with van der Waals surface area (Å²) in [4.78, 5) is 0. The van der Waals surface area contributed by atoms with Crippen LogP contribution in [0.15, 0.2) is 18.2 Å². The van der Waals surface area contributed by atoms with Crippen LogP contribution >= 0.6 is 0 Å². The number of hydrogen-bond acceptors (Lipinski definition) is 3. The molecule has 0 unspecified atom stereocenters. The van der Waals surface area contributed by atoms with E-state index < -0.39 is 16.6 Å². The monoisotopic (exact) mass is 312 g/mol. The maximum Gasteiger partial charge on any atom is 0.173 e. The molecule has 1 aromatic carbocycles. The molecule has 0 radical (unpaired) electrons. The van der Waals surface area contributed by atoms with Gasteiger partial charge in [0.05, 0.1) is 6.61 Å². The van der Waals surface area contributed by atoms with Crippen LogP contribution in [0.25, 0.3) is 0 Å². The number of aliphatic hydroxyl groups is 1. The standard InChI is InChI=1S/C15H28O3Si2/c1-19(2,3)18-20(4,5)10-6-7-13-8-9-15(17)14(11-13)12-16/h8-9,11,16-17H,6-7,10,12H2,1-5H3. The molecule has 0 saturated heterocycles. The van der Waals surface area contributed by atoms with Crippen molar-refractivity contribution in [3.05, 3.63) is 29.3 Å². The Morgan fingerprint density at radius 2 is 1.75 bits per heavy atom. The molecule has 20 heavy (non-hydrogen) atoms. The van der Waals surface area contributed by atoms with Crippen molar-refractivity contribution in [3.63, 3.8) is 0 Å². The molecular formula is C15H28O3Si2. The molecule has 0 fully saturated rings. The number of aryl methyl sites for hydroxylation is 1. The minimum absolute atomic E-state index is 0.112. The molecule has 0 aromatic heterocycles. The zero-order valence-corrected chi connectivity index (χ0v) is 15.4. The first kappa shape index (κ1) is 17.4. The van der Waals surface area contributed by atoms with Gasteiger partial charge in [0, 0.05) is 5.56 Å². The van der Waals surface area contributed by atoms with Gasteiger partial charge < -0.3 is 14.3 Å². The van der Waals surface area contributed by atoms with Gasteiger partial charge in [0.2, 0.25) is 0 Å². The minimum Gasteiger partial charge on any atom is -0.508 e. The topological polar surface area (TPSA) is 49.7 Å². The van der Waals surface area contributed by atoms with Crippen LogP contribution in [0.1, 0.15) is 17.5 Å². The van der Waals surface area contributed by atoms with E-state index in [9.17, 15) is 5.11 Å². The van der Waals surface area contributed by atoms with Crippen molar-refractivity contribution in [2.24, 2.45) is 0 Å². The van der Waals surface area contributed by atoms with Crippen molar-refractivity contribution < 1.29 is 14.3 Å². The van der Waals surface area contributed by atoms with Gasteiger partial charge in [0.25, 0.3) is 0 Å². The molecule has 2 N–H and O–H groups in total. The highest BCUT2D eigenvalue weighted by atomic mass is 28.4. The van der Waals surface area contributed by atoms with Crippen LogP contribution in [0.5, 0.6) is 5.75 Å². The normalized spacial score (nSPS) is 12.7. The number of aromatic hydroxyl groups is 1. The maximum absolute atomic E-state index is 9.55. The Morgan fingerprint density at radius 3 is 2.30 bits per heavy atom. The number of benzene rings is 1. The van der Waals surface area contributed by atoms with Crippen molar-refractivity contribution in [1.82, 2.24) is 0 Å². The van der Waals surface area contributed by atoms with Crippen LogP contribution in [0.3, 0.4) is 0 Å². The Balaban J connectivity index is 2.52. The molecule has 1 rings (SSSR count). The lowest BCUT2D eigenvalue weighted by atomic mass is 10.1. The van der Waals surface area contributed by atoms with Gasteiger partial charge in [-0.2, -0.15) is 0 Å². The molecule has 0 amide bonds. The summed E-state index contributed by atoms with van der Waals surface area (Å²) >= 11 is 0. The number of hydrogen-bond donors (Lipinski definition) is 2. The molecule has 0 aliphatic heterocycles. The Hall–Kier alpha value is -0.626. The first-order chi connectivity index (χ1) is 9.13. The minimum atomic E-state index is -1.56. The predicted octanol–water partition coefficient (Wildman–Crippen LogP) is 3.87. The Labute approximate surface area is 124 Å². The molecule has 5 heteroatoms. The van der Waals surface area contributed by atoms with E-state index >= 15 is 0 Å². The van der Waals surface area contributed by atoms with Crippen LogP contribution in [-0.4, -0.2) is 26.8 Å². The smallest absolute Gasteiger partial charge is 0.173 e. The van der Waals surface area contributed by atoms with Crippen molar-refractivity contribution in [2.45, 2.75) is 58.2 Å². The number of aliphatic hydroxyl groups excluding tert-OH is 1. The molecule has 0 bridgehead atoms. The summed E-state index contributed by atoms with van der Waals surface area (Å²) in [7, 11) is -3.01. The third kappa shape index (κ3) is 6.22. The molecule has 0 saturated carbocycles. The quantitative estimate of drug-likeness (QED) is 0.751. The molecule has 0 spiro atoms. The number of phenols is 1. The van der Waals surface area contributed by atoms with Gasteiger partial charge in [-0.1, -0.05) is 6.07 Å². The summed E-state index contributed by atoms with van der Waals surface area (Å²) < 4.78 is 6.32. The van der Waals surface area contributed by atoms with E-state index in [0.29, 0.717) is 5.56 Å². The average Bonchev–Trinajstić information content (AvgIpc) is 2.28. The lowest BCUT2D eigenvalue weighted by Gasteiger charge is -2.31. The second kappa shape index (κ2) is 6.89. The van der Waals surface area contributed by atoms with Crippen LogP contribution in [0, 0.1) is 0 Å². The highest BCUT2D eigenvalue weighted by Gasteiger charge is 2.28. The molecule has 114 valence electrons. The third-order valence-electron chi connectivity index (χ3n) is 3.14. The van der Waals surface area contributed by atoms with E-state index in [1.165, 1.54) is 5.56 Å². The lowest BCUT2D eigenvalue weighted by Crippen LogP contribution is -2.42. The fourth-order valence-electron chi connectivity index (χ4n) is 2.52. The van der Waals surface area contributed by atoms with Gasteiger partial charge in [-0.25, -0.2) is 0 Å². The first-order valence-electron chi connectivity index (χ1n) is 7.25. The van der Waals surface area contributed by atoms with E-state index in [-0.39, 0.29) is 12.4 Å². The maximum atomic E-state index is 9.55. The Morgan fingerprint density at radius 1 is 1.10 bits per heavy atom. The van der Waals surface area contributed by atoms with Crippen molar-refractivity contribution in [2.75, 3.05) is 0 Å². The summed E-state index contributed by atoms with van der Waals surface area (Å²) in [5.74, 6) is 0.174. The molecule has 0 heterocycles. The SMILES string of the molecule is C[Si](C)(C)O[Si](C)(C)CCCc1ccc(O)c(CO)c1.